The molecule has 0 aromatic rings. The van der Waals surface area contributed by atoms with Crippen molar-refractivity contribution in [3.05, 3.63) is 0 Å². The van der Waals surface area contributed by atoms with Crippen molar-refractivity contribution in [2.75, 3.05) is 19.6 Å². The lowest BCUT2D eigenvalue weighted by atomic mass is 9.80. The van der Waals surface area contributed by atoms with Crippen LogP contribution in [-0.2, 0) is 4.74 Å². The Morgan fingerprint density at radius 2 is 1.91 bits per heavy atom. The Kier molecular flexibility index (Phi) is 5.41. The van der Waals surface area contributed by atoms with Crippen molar-refractivity contribution in [1.29, 1.82) is 0 Å². The molecule has 22 heavy (non-hydrogen) atoms. The molecule has 4 heteroatoms. The summed E-state index contributed by atoms with van der Waals surface area (Å²) in [6.07, 6.45) is 6.11. The van der Waals surface area contributed by atoms with Gasteiger partial charge in [-0.3, -0.25) is 0 Å². The fraction of sp³-hybridized carbons (Fsp3) is 0.944. The molecule has 128 valence electrons. The van der Waals surface area contributed by atoms with Gasteiger partial charge in [-0.05, 0) is 58.3 Å². The first-order valence-corrected chi connectivity index (χ1v) is 8.88. The zero-order valence-electron chi connectivity index (χ0n) is 15.1. The van der Waals surface area contributed by atoms with E-state index in [0.717, 1.165) is 38.4 Å². The number of carbonyl (C=O) groups excluding carboxylic acids is 1. The van der Waals surface area contributed by atoms with Gasteiger partial charge < -0.3 is 15.0 Å². The van der Waals surface area contributed by atoms with Gasteiger partial charge >= 0.3 is 6.09 Å². The van der Waals surface area contributed by atoms with E-state index in [1.54, 1.807) is 0 Å². The van der Waals surface area contributed by atoms with Gasteiger partial charge in [-0.2, -0.15) is 0 Å². The molecule has 1 aliphatic carbocycles. The summed E-state index contributed by atoms with van der Waals surface area (Å²) in [6, 6.07) is 0.619. The fourth-order valence-corrected chi connectivity index (χ4v) is 3.09. The predicted molar refractivity (Wildman–Crippen MR) is 90.0 cm³/mol. The van der Waals surface area contributed by atoms with Crippen LogP contribution >= 0.6 is 0 Å². The van der Waals surface area contributed by atoms with Crippen LogP contribution in [-0.4, -0.2) is 42.3 Å². The minimum absolute atomic E-state index is 0.162. The van der Waals surface area contributed by atoms with E-state index in [2.05, 4.69) is 19.2 Å². The highest BCUT2D eigenvalue weighted by Crippen LogP contribution is 2.34. The molecule has 1 N–H and O–H groups in total. The van der Waals surface area contributed by atoms with Gasteiger partial charge in [-0.15, -0.1) is 0 Å². The van der Waals surface area contributed by atoms with Crippen LogP contribution in [0.5, 0.6) is 0 Å². The second kappa shape index (κ2) is 6.77. The van der Waals surface area contributed by atoms with Gasteiger partial charge in [-0.25, -0.2) is 4.79 Å². The Labute approximate surface area is 136 Å². The molecule has 1 atom stereocenters. The van der Waals surface area contributed by atoms with E-state index in [9.17, 15) is 4.79 Å². The maximum atomic E-state index is 12.1. The maximum absolute atomic E-state index is 12.1. The number of carbonyl (C=O) groups is 1. The van der Waals surface area contributed by atoms with Crippen molar-refractivity contribution in [2.45, 2.75) is 78.4 Å². The molecule has 0 spiro atoms. The van der Waals surface area contributed by atoms with Crippen molar-refractivity contribution in [2.24, 2.45) is 11.3 Å². The largest absolute Gasteiger partial charge is 0.444 e. The SMILES string of the molecule is CC(CC1CC1)NCC1(C)CCN(C(=O)OC(C)(C)C)CC1. The van der Waals surface area contributed by atoms with Crippen LogP contribution < -0.4 is 5.32 Å². The molecule has 1 unspecified atom stereocenters. The topological polar surface area (TPSA) is 41.6 Å². The van der Waals surface area contributed by atoms with E-state index in [0.29, 0.717) is 11.5 Å². The number of piperidine rings is 1. The van der Waals surface area contributed by atoms with Gasteiger partial charge in [0.2, 0.25) is 0 Å². The molecule has 1 saturated heterocycles. The lowest BCUT2D eigenvalue weighted by molar-refractivity contribution is 0.0117. The van der Waals surface area contributed by atoms with Gasteiger partial charge in [0.25, 0.3) is 0 Å². The van der Waals surface area contributed by atoms with E-state index < -0.39 is 5.60 Å². The summed E-state index contributed by atoms with van der Waals surface area (Å²) < 4.78 is 5.47. The maximum Gasteiger partial charge on any atom is 0.410 e. The molecule has 0 aromatic carbocycles. The van der Waals surface area contributed by atoms with Gasteiger partial charge in [0.1, 0.15) is 5.60 Å². The molecule has 2 rings (SSSR count). The first kappa shape index (κ1) is 17.6. The first-order chi connectivity index (χ1) is 10.2. The van der Waals surface area contributed by atoms with Crippen LogP contribution in [0.15, 0.2) is 0 Å². The number of amides is 1. The van der Waals surface area contributed by atoms with Crippen molar-refractivity contribution in [1.82, 2.24) is 10.2 Å². The zero-order chi connectivity index (χ0) is 16.4. The summed E-state index contributed by atoms with van der Waals surface area (Å²) in [4.78, 5) is 14.0. The highest BCUT2D eigenvalue weighted by atomic mass is 16.6. The van der Waals surface area contributed by atoms with Gasteiger partial charge in [0.05, 0.1) is 0 Å². The van der Waals surface area contributed by atoms with Crippen molar-refractivity contribution < 1.29 is 9.53 Å². The highest BCUT2D eigenvalue weighted by molar-refractivity contribution is 5.68. The molecule has 0 aromatic heterocycles. The number of nitrogens with one attached hydrogen (secondary N) is 1. The number of nitrogens with zero attached hydrogens (tertiary/aromatic N) is 1. The standard InChI is InChI=1S/C18H34N2O2/c1-14(12-15-6-7-15)19-13-18(5)8-10-20(11-9-18)16(21)22-17(2,3)4/h14-15,19H,6-13H2,1-5H3. The highest BCUT2D eigenvalue weighted by Gasteiger charge is 2.34. The fourth-order valence-electron chi connectivity index (χ4n) is 3.09. The molecule has 0 bridgehead atoms. The molecule has 1 saturated carbocycles. The van der Waals surface area contributed by atoms with E-state index in [4.69, 9.17) is 4.74 Å². The van der Waals surface area contributed by atoms with E-state index in [1.165, 1.54) is 19.3 Å². The lowest BCUT2D eigenvalue weighted by Gasteiger charge is -2.40. The number of rotatable bonds is 5. The third-order valence-electron chi connectivity index (χ3n) is 4.88. The minimum Gasteiger partial charge on any atom is -0.444 e. The Balaban J connectivity index is 1.71. The Morgan fingerprint density at radius 1 is 1.32 bits per heavy atom. The summed E-state index contributed by atoms with van der Waals surface area (Å²) >= 11 is 0. The zero-order valence-corrected chi connectivity index (χ0v) is 15.1. The monoisotopic (exact) mass is 310 g/mol. The second-order valence-electron chi connectivity index (χ2n) is 8.74. The van der Waals surface area contributed by atoms with Crippen LogP contribution in [0.3, 0.4) is 0 Å². The van der Waals surface area contributed by atoms with Crippen molar-refractivity contribution in [3.63, 3.8) is 0 Å². The Hall–Kier alpha value is -0.770. The summed E-state index contributed by atoms with van der Waals surface area (Å²) in [5.41, 5.74) is -0.103. The van der Waals surface area contributed by atoms with Gasteiger partial charge in [-0.1, -0.05) is 19.8 Å². The van der Waals surface area contributed by atoms with Crippen LogP contribution in [0, 0.1) is 11.3 Å². The molecule has 1 heterocycles. The second-order valence-corrected chi connectivity index (χ2v) is 8.74. The minimum atomic E-state index is -0.405. The van der Waals surface area contributed by atoms with E-state index in [-0.39, 0.29) is 6.09 Å². The average Bonchev–Trinajstić information content (AvgIpc) is 3.19. The predicted octanol–water partition coefficient (Wildman–Crippen LogP) is 3.80. The molecule has 4 nitrogen and oxygen atoms in total. The lowest BCUT2D eigenvalue weighted by Crippen LogP contribution is -2.48. The third kappa shape index (κ3) is 5.79. The van der Waals surface area contributed by atoms with Crippen LogP contribution in [0.2, 0.25) is 0 Å². The summed E-state index contributed by atoms with van der Waals surface area (Å²) in [5.74, 6) is 0.976. The number of hydrogen-bond acceptors (Lipinski definition) is 3. The third-order valence-corrected chi connectivity index (χ3v) is 4.88. The summed E-state index contributed by atoms with van der Waals surface area (Å²) in [6.45, 7) is 13.1. The molecule has 2 fully saturated rings. The van der Waals surface area contributed by atoms with Gasteiger partial charge in [0.15, 0.2) is 0 Å². The van der Waals surface area contributed by atoms with Crippen molar-refractivity contribution >= 4 is 6.09 Å². The molecular weight excluding hydrogens is 276 g/mol. The van der Waals surface area contributed by atoms with E-state index in [1.807, 2.05) is 25.7 Å². The molecule has 2 aliphatic rings. The summed E-state index contributed by atoms with van der Waals surface area (Å²) in [7, 11) is 0. The van der Waals surface area contributed by atoms with Crippen LogP contribution in [0.1, 0.15) is 66.7 Å². The van der Waals surface area contributed by atoms with Crippen molar-refractivity contribution in [3.8, 4) is 0 Å². The van der Waals surface area contributed by atoms with Crippen LogP contribution in [0.4, 0.5) is 4.79 Å². The number of ether oxygens (including phenoxy) is 1. The number of likely N-dealkylation sites (tertiary alicyclic amines) is 1. The summed E-state index contributed by atoms with van der Waals surface area (Å²) in [5, 5.41) is 3.71. The van der Waals surface area contributed by atoms with Crippen LogP contribution in [0.25, 0.3) is 0 Å². The average molecular weight is 310 g/mol. The smallest absolute Gasteiger partial charge is 0.410 e. The number of hydrogen-bond donors (Lipinski definition) is 1. The first-order valence-electron chi connectivity index (χ1n) is 8.88. The Morgan fingerprint density at radius 3 is 2.41 bits per heavy atom. The molecular formula is C18H34N2O2. The van der Waals surface area contributed by atoms with E-state index >= 15 is 0 Å². The quantitative estimate of drug-likeness (QED) is 0.839. The normalized spacial score (nSPS) is 23.2. The molecule has 0 radical (unpaired) electrons. The molecule has 1 amide bonds. The molecule has 1 aliphatic heterocycles. The Bertz CT molecular complexity index is 377. The van der Waals surface area contributed by atoms with Gasteiger partial charge in [0, 0.05) is 25.7 Å².